The van der Waals surface area contributed by atoms with E-state index in [4.69, 9.17) is 5.73 Å². The van der Waals surface area contributed by atoms with Crippen LogP contribution in [0.1, 0.15) is 35.3 Å². The van der Waals surface area contributed by atoms with Gasteiger partial charge in [-0.25, -0.2) is 4.98 Å². The van der Waals surface area contributed by atoms with Crippen LogP contribution in [0.25, 0.3) is 0 Å². The highest BCUT2D eigenvalue weighted by molar-refractivity contribution is 7.11. The third kappa shape index (κ3) is 4.51. The maximum absolute atomic E-state index is 12.3. The molecule has 0 spiro atoms. The zero-order chi connectivity index (χ0) is 16.1. The van der Waals surface area contributed by atoms with Gasteiger partial charge in [0.1, 0.15) is 0 Å². The van der Waals surface area contributed by atoms with Gasteiger partial charge in [-0.1, -0.05) is 6.92 Å². The monoisotopic (exact) mass is 324 g/mol. The zero-order valence-electron chi connectivity index (χ0n) is 13.2. The number of piperidine rings is 1. The quantitative estimate of drug-likeness (QED) is 0.811. The maximum Gasteiger partial charge on any atom is 0.231 e. The number of amides is 2. The number of carbonyl (C=O) groups excluding carboxylic acids is 2. The molecule has 0 unspecified atom stereocenters. The normalized spacial score (nSPS) is 19.1. The number of carbonyl (C=O) groups is 2. The molecule has 2 amide bonds. The number of nitrogens with two attached hydrogens (primary N) is 1. The summed E-state index contributed by atoms with van der Waals surface area (Å²) in [4.78, 5) is 30.9. The number of hydrogen-bond acceptors (Lipinski definition) is 5. The topological polar surface area (TPSA) is 88.3 Å². The standard InChI is InChI=1S/C15H24N4O2S/c1-3-12-13(22-10(2)18-12)7-17-15(21)11-5-4-6-19(8-11)9-14(16)20/h11H,3-9H2,1-2H3,(H2,16,20)(H,17,21)/t11-/m1/s1. The molecule has 1 aromatic rings. The lowest BCUT2D eigenvalue weighted by molar-refractivity contribution is -0.128. The largest absolute Gasteiger partial charge is 0.369 e. The Labute approximate surface area is 135 Å². The van der Waals surface area contributed by atoms with Crippen LogP contribution in [0.4, 0.5) is 0 Å². The minimum Gasteiger partial charge on any atom is -0.369 e. The van der Waals surface area contributed by atoms with Gasteiger partial charge in [0.2, 0.25) is 11.8 Å². The van der Waals surface area contributed by atoms with Gasteiger partial charge in [0.05, 0.1) is 29.7 Å². The lowest BCUT2D eigenvalue weighted by atomic mass is 9.97. The summed E-state index contributed by atoms with van der Waals surface area (Å²) >= 11 is 1.64. The molecule has 3 N–H and O–H groups in total. The number of aromatic nitrogens is 1. The maximum atomic E-state index is 12.3. The number of primary amides is 1. The number of hydrogen-bond donors (Lipinski definition) is 2. The molecule has 1 aromatic heterocycles. The van der Waals surface area contributed by atoms with Crippen LogP contribution in [0.5, 0.6) is 0 Å². The predicted molar refractivity (Wildman–Crippen MR) is 86.4 cm³/mol. The summed E-state index contributed by atoms with van der Waals surface area (Å²) < 4.78 is 0. The average Bonchev–Trinajstić information content (AvgIpc) is 2.84. The summed E-state index contributed by atoms with van der Waals surface area (Å²) in [5.74, 6) is -0.344. The van der Waals surface area contributed by atoms with Crippen LogP contribution in [0.15, 0.2) is 0 Å². The Morgan fingerprint density at radius 3 is 2.95 bits per heavy atom. The summed E-state index contributed by atoms with van der Waals surface area (Å²) in [5.41, 5.74) is 6.30. The Morgan fingerprint density at radius 1 is 1.50 bits per heavy atom. The van der Waals surface area contributed by atoms with Gasteiger partial charge in [0.15, 0.2) is 0 Å². The molecule has 0 aliphatic carbocycles. The summed E-state index contributed by atoms with van der Waals surface area (Å²) in [6, 6.07) is 0. The summed E-state index contributed by atoms with van der Waals surface area (Å²) in [5, 5.41) is 4.05. The van der Waals surface area contributed by atoms with Crippen molar-refractivity contribution >= 4 is 23.2 Å². The molecular formula is C15H24N4O2S. The highest BCUT2D eigenvalue weighted by Gasteiger charge is 2.26. The fourth-order valence-electron chi connectivity index (χ4n) is 2.87. The SMILES string of the molecule is CCc1nc(C)sc1CNC(=O)[C@@H]1CCCN(CC(N)=O)C1. The minimum atomic E-state index is -0.339. The van der Waals surface area contributed by atoms with Gasteiger partial charge in [-0.2, -0.15) is 0 Å². The molecular weight excluding hydrogens is 300 g/mol. The van der Waals surface area contributed by atoms with Crippen LogP contribution in [0.2, 0.25) is 0 Å². The van der Waals surface area contributed by atoms with Gasteiger partial charge in [-0.05, 0) is 32.7 Å². The highest BCUT2D eigenvalue weighted by atomic mass is 32.1. The number of likely N-dealkylation sites (tertiary alicyclic amines) is 1. The van der Waals surface area contributed by atoms with Crippen molar-refractivity contribution in [3.05, 3.63) is 15.6 Å². The van der Waals surface area contributed by atoms with Crippen molar-refractivity contribution in [2.24, 2.45) is 11.7 Å². The van der Waals surface area contributed by atoms with E-state index in [1.54, 1.807) is 11.3 Å². The molecule has 1 saturated heterocycles. The van der Waals surface area contributed by atoms with Gasteiger partial charge in [0, 0.05) is 11.4 Å². The van der Waals surface area contributed by atoms with Crippen LogP contribution in [0, 0.1) is 12.8 Å². The molecule has 0 radical (unpaired) electrons. The Balaban J connectivity index is 1.87. The Kier molecular flexibility index (Phi) is 5.90. The first-order chi connectivity index (χ1) is 10.5. The predicted octanol–water partition coefficient (Wildman–Crippen LogP) is 0.827. The van der Waals surface area contributed by atoms with Crippen molar-refractivity contribution in [2.75, 3.05) is 19.6 Å². The first-order valence-corrected chi connectivity index (χ1v) is 8.54. The molecule has 0 aromatic carbocycles. The second-order valence-corrected chi connectivity index (χ2v) is 7.00. The molecule has 7 heteroatoms. The van der Waals surface area contributed by atoms with Gasteiger partial charge < -0.3 is 11.1 Å². The Morgan fingerprint density at radius 2 is 2.27 bits per heavy atom. The van der Waals surface area contributed by atoms with Gasteiger partial charge in [0.25, 0.3) is 0 Å². The van der Waals surface area contributed by atoms with Crippen molar-refractivity contribution in [1.29, 1.82) is 0 Å². The molecule has 1 fully saturated rings. The second-order valence-electron chi connectivity index (χ2n) is 5.71. The van der Waals surface area contributed by atoms with E-state index in [-0.39, 0.29) is 24.3 Å². The first-order valence-electron chi connectivity index (χ1n) is 7.73. The van der Waals surface area contributed by atoms with Crippen molar-refractivity contribution in [2.45, 2.75) is 39.7 Å². The molecule has 2 rings (SSSR count). The minimum absolute atomic E-state index is 0.0577. The van der Waals surface area contributed by atoms with Crippen LogP contribution in [0.3, 0.4) is 0 Å². The number of rotatable bonds is 6. The highest BCUT2D eigenvalue weighted by Crippen LogP contribution is 2.20. The molecule has 122 valence electrons. The molecule has 22 heavy (non-hydrogen) atoms. The fourth-order valence-corrected chi connectivity index (χ4v) is 3.84. The summed E-state index contributed by atoms with van der Waals surface area (Å²) in [7, 11) is 0. The molecule has 1 atom stereocenters. The van der Waals surface area contributed by atoms with Gasteiger partial charge in [-0.3, -0.25) is 14.5 Å². The van der Waals surface area contributed by atoms with Crippen molar-refractivity contribution in [3.8, 4) is 0 Å². The smallest absolute Gasteiger partial charge is 0.231 e. The van der Waals surface area contributed by atoms with Crippen LogP contribution in [-0.4, -0.2) is 41.3 Å². The first kappa shape index (κ1) is 16.9. The number of nitrogens with zero attached hydrogens (tertiary/aromatic N) is 2. The molecule has 1 aliphatic rings. The van der Waals surface area contributed by atoms with E-state index >= 15 is 0 Å². The van der Waals surface area contributed by atoms with Crippen LogP contribution < -0.4 is 11.1 Å². The van der Waals surface area contributed by atoms with E-state index in [2.05, 4.69) is 17.2 Å². The number of thiazole rings is 1. The third-order valence-electron chi connectivity index (χ3n) is 3.90. The molecule has 0 saturated carbocycles. The zero-order valence-corrected chi connectivity index (χ0v) is 14.0. The van der Waals surface area contributed by atoms with E-state index in [9.17, 15) is 9.59 Å². The average molecular weight is 324 g/mol. The number of aryl methyl sites for hydroxylation is 2. The molecule has 0 bridgehead atoms. The fraction of sp³-hybridized carbons (Fsp3) is 0.667. The van der Waals surface area contributed by atoms with E-state index in [0.29, 0.717) is 13.1 Å². The second kappa shape index (κ2) is 7.69. The van der Waals surface area contributed by atoms with E-state index in [1.165, 1.54) is 0 Å². The van der Waals surface area contributed by atoms with E-state index < -0.39 is 0 Å². The lowest BCUT2D eigenvalue weighted by Crippen LogP contribution is -2.45. The molecule has 2 heterocycles. The van der Waals surface area contributed by atoms with E-state index in [0.717, 1.165) is 41.4 Å². The van der Waals surface area contributed by atoms with Crippen molar-refractivity contribution in [3.63, 3.8) is 0 Å². The van der Waals surface area contributed by atoms with Gasteiger partial charge >= 0.3 is 0 Å². The van der Waals surface area contributed by atoms with Crippen molar-refractivity contribution in [1.82, 2.24) is 15.2 Å². The van der Waals surface area contributed by atoms with Gasteiger partial charge in [-0.15, -0.1) is 11.3 Å². The summed E-state index contributed by atoms with van der Waals surface area (Å²) in [6.07, 6.45) is 2.67. The number of nitrogens with one attached hydrogen (secondary N) is 1. The third-order valence-corrected chi connectivity index (χ3v) is 4.91. The van der Waals surface area contributed by atoms with E-state index in [1.807, 2.05) is 11.8 Å². The lowest BCUT2D eigenvalue weighted by Gasteiger charge is -2.30. The van der Waals surface area contributed by atoms with Crippen LogP contribution in [-0.2, 0) is 22.6 Å². The molecule has 1 aliphatic heterocycles. The summed E-state index contributed by atoms with van der Waals surface area (Å²) in [6.45, 7) is 6.27. The Hall–Kier alpha value is -1.47. The Bertz CT molecular complexity index is 544. The van der Waals surface area contributed by atoms with Crippen LogP contribution >= 0.6 is 11.3 Å². The van der Waals surface area contributed by atoms with Crippen molar-refractivity contribution < 1.29 is 9.59 Å². The molecule has 6 nitrogen and oxygen atoms in total.